The summed E-state index contributed by atoms with van der Waals surface area (Å²) in [5, 5.41) is 0. The van der Waals surface area contributed by atoms with Crippen molar-refractivity contribution in [3.05, 3.63) is 90.3 Å². The molecule has 12 nitrogen and oxygen atoms in total. The summed E-state index contributed by atoms with van der Waals surface area (Å²) in [6.45, 7) is 1.93. The molecule has 2 aliphatic rings. The van der Waals surface area contributed by atoms with E-state index >= 15 is 4.79 Å². The van der Waals surface area contributed by atoms with Gasteiger partial charge in [0, 0.05) is 61.5 Å². The SMILES string of the molecule is COc1ccc(S(=O)(=O)N2C(=O)C(c3cc(OC)ccc3OC)(N3CCN(c4ccncc4)CC3)c3cc(OC)ccc32)c(OC)c1. The lowest BCUT2D eigenvalue weighted by molar-refractivity contribution is -0.127. The molecule has 0 N–H and O–H groups in total. The summed E-state index contributed by atoms with van der Waals surface area (Å²) in [5.74, 6) is 1.08. The standard InChI is InChI=1S/C34H36N4O8S/c1-42-24-6-9-29-27(20-24)34(28-21-25(43-2)7-10-30(28)45-4,37-18-16-36(17-19-37)23-12-14-35-15-13-23)33(39)38(29)47(40,41)32-11-8-26(44-3)22-31(32)46-5/h6-15,20-22H,16-19H2,1-5H3. The molecule has 2 aliphatic heterocycles. The van der Waals surface area contributed by atoms with Gasteiger partial charge in [0.1, 0.15) is 33.6 Å². The molecule has 6 rings (SSSR count). The number of benzene rings is 3. The Kier molecular flexibility index (Phi) is 8.60. The van der Waals surface area contributed by atoms with Crippen LogP contribution < -0.4 is 32.9 Å². The lowest BCUT2D eigenvalue weighted by Crippen LogP contribution is -2.60. The lowest BCUT2D eigenvalue weighted by atomic mass is 9.80. The van der Waals surface area contributed by atoms with Crippen LogP contribution in [0.1, 0.15) is 11.1 Å². The third-order valence-corrected chi connectivity index (χ3v) is 10.5. The number of methoxy groups -OCH3 is 5. The van der Waals surface area contributed by atoms with Gasteiger partial charge in [0.05, 0.1) is 41.2 Å². The Balaban J connectivity index is 1.60. The van der Waals surface area contributed by atoms with E-state index in [-0.39, 0.29) is 16.3 Å². The number of sulfonamides is 1. The van der Waals surface area contributed by atoms with Crippen molar-refractivity contribution in [3.63, 3.8) is 0 Å². The topological polar surface area (TPSA) is 120 Å². The predicted molar refractivity (Wildman–Crippen MR) is 176 cm³/mol. The fourth-order valence-corrected chi connectivity index (χ4v) is 8.10. The molecule has 47 heavy (non-hydrogen) atoms. The lowest BCUT2D eigenvalue weighted by Gasteiger charge is -2.46. The van der Waals surface area contributed by atoms with E-state index in [9.17, 15) is 8.42 Å². The number of ether oxygens (including phenoxy) is 5. The van der Waals surface area contributed by atoms with E-state index < -0.39 is 21.5 Å². The van der Waals surface area contributed by atoms with Gasteiger partial charge in [-0.05, 0) is 60.7 Å². The summed E-state index contributed by atoms with van der Waals surface area (Å²) >= 11 is 0. The van der Waals surface area contributed by atoms with Crippen LogP contribution in [0.25, 0.3) is 0 Å². The highest BCUT2D eigenvalue weighted by Crippen LogP contribution is 2.54. The van der Waals surface area contributed by atoms with Crippen LogP contribution >= 0.6 is 0 Å². The second-order valence-electron chi connectivity index (χ2n) is 10.9. The maximum absolute atomic E-state index is 15.4. The number of amides is 1. The normalized spacial score (nSPS) is 18.1. The number of anilines is 2. The smallest absolute Gasteiger partial charge is 0.274 e. The van der Waals surface area contributed by atoms with Gasteiger partial charge in [-0.25, -0.2) is 12.7 Å². The highest BCUT2D eigenvalue weighted by atomic mass is 32.2. The summed E-state index contributed by atoms with van der Waals surface area (Å²) < 4.78 is 58.2. The number of nitrogens with zero attached hydrogens (tertiary/aromatic N) is 4. The number of pyridine rings is 1. The van der Waals surface area contributed by atoms with Crippen molar-refractivity contribution in [2.45, 2.75) is 10.4 Å². The molecule has 1 unspecified atom stereocenters. The van der Waals surface area contributed by atoms with Gasteiger partial charge in [0.25, 0.3) is 15.9 Å². The zero-order chi connectivity index (χ0) is 33.3. The van der Waals surface area contributed by atoms with Crippen molar-refractivity contribution in [1.82, 2.24) is 9.88 Å². The fourth-order valence-electron chi connectivity index (χ4n) is 6.49. The largest absolute Gasteiger partial charge is 0.497 e. The number of fused-ring (bicyclic) bond motifs is 1. The van der Waals surface area contributed by atoms with Crippen molar-refractivity contribution in [1.29, 1.82) is 0 Å². The second-order valence-corrected chi connectivity index (χ2v) is 12.7. The minimum atomic E-state index is -4.55. The van der Waals surface area contributed by atoms with E-state index in [0.717, 1.165) is 9.99 Å². The number of piperazine rings is 1. The third-order valence-electron chi connectivity index (χ3n) is 8.77. The molecular weight excluding hydrogens is 624 g/mol. The van der Waals surface area contributed by atoms with Gasteiger partial charge in [-0.2, -0.15) is 0 Å². The van der Waals surface area contributed by atoms with Crippen LogP contribution in [0.3, 0.4) is 0 Å². The minimum absolute atomic E-state index is 0.0367. The highest BCUT2D eigenvalue weighted by Gasteiger charge is 2.61. The molecule has 1 atom stereocenters. The monoisotopic (exact) mass is 660 g/mol. The van der Waals surface area contributed by atoms with E-state index in [4.69, 9.17) is 23.7 Å². The maximum atomic E-state index is 15.4. The average molecular weight is 661 g/mol. The predicted octanol–water partition coefficient (Wildman–Crippen LogP) is 3.93. The Morgan fingerprint density at radius 2 is 1.23 bits per heavy atom. The zero-order valence-electron chi connectivity index (χ0n) is 26.8. The first-order valence-electron chi connectivity index (χ1n) is 14.9. The summed E-state index contributed by atoms with van der Waals surface area (Å²) in [5.41, 5.74) is 0.414. The highest BCUT2D eigenvalue weighted by molar-refractivity contribution is 7.93. The van der Waals surface area contributed by atoms with E-state index in [1.165, 1.54) is 53.7 Å². The minimum Gasteiger partial charge on any atom is -0.497 e. The van der Waals surface area contributed by atoms with E-state index in [1.54, 1.807) is 48.8 Å². The Morgan fingerprint density at radius 3 is 1.85 bits per heavy atom. The average Bonchev–Trinajstić information content (AvgIpc) is 3.39. The molecule has 3 aromatic carbocycles. The Hall–Kier alpha value is -5.01. The Morgan fingerprint density at radius 1 is 0.660 bits per heavy atom. The molecule has 0 aliphatic carbocycles. The molecule has 0 bridgehead atoms. The van der Waals surface area contributed by atoms with Crippen LogP contribution in [-0.4, -0.2) is 85.9 Å². The molecule has 1 amide bonds. The molecule has 0 radical (unpaired) electrons. The van der Waals surface area contributed by atoms with Gasteiger partial charge in [0.15, 0.2) is 5.54 Å². The molecular formula is C34H36N4O8S. The van der Waals surface area contributed by atoms with Gasteiger partial charge >= 0.3 is 0 Å². The number of hydrogen-bond acceptors (Lipinski definition) is 11. The molecule has 0 saturated carbocycles. The Labute approximate surface area is 274 Å². The van der Waals surface area contributed by atoms with Gasteiger partial charge in [0.2, 0.25) is 0 Å². The maximum Gasteiger partial charge on any atom is 0.274 e. The molecule has 3 heterocycles. The summed E-state index contributed by atoms with van der Waals surface area (Å²) in [6.07, 6.45) is 3.48. The molecule has 1 fully saturated rings. The van der Waals surface area contributed by atoms with Gasteiger partial charge in [-0.15, -0.1) is 0 Å². The van der Waals surface area contributed by atoms with Gasteiger partial charge in [-0.3, -0.25) is 14.7 Å². The second kappa shape index (κ2) is 12.6. The molecule has 0 spiro atoms. The van der Waals surface area contributed by atoms with Crippen molar-refractivity contribution in [2.75, 3.05) is 70.9 Å². The van der Waals surface area contributed by atoms with Crippen molar-refractivity contribution >= 4 is 27.3 Å². The number of carbonyl (C=O) groups is 1. The first-order valence-corrected chi connectivity index (χ1v) is 16.3. The number of carbonyl (C=O) groups excluding carboxylic acids is 1. The summed E-state index contributed by atoms with van der Waals surface area (Å²) in [7, 11) is 2.87. The van der Waals surface area contributed by atoms with E-state index in [0.29, 0.717) is 60.3 Å². The number of rotatable bonds is 10. The van der Waals surface area contributed by atoms with Gasteiger partial charge in [-0.1, -0.05) is 0 Å². The van der Waals surface area contributed by atoms with Crippen molar-refractivity contribution in [2.24, 2.45) is 0 Å². The number of aromatic nitrogens is 1. The van der Waals surface area contributed by atoms with E-state index in [2.05, 4.69) is 9.88 Å². The molecule has 13 heteroatoms. The molecule has 1 saturated heterocycles. The van der Waals surface area contributed by atoms with Crippen LogP contribution in [0, 0.1) is 0 Å². The molecule has 246 valence electrons. The fraction of sp³-hybridized carbons (Fsp3) is 0.294. The van der Waals surface area contributed by atoms with Crippen LogP contribution in [0.15, 0.2) is 84.0 Å². The first-order chi connectivity index (χ1) is 22.7. The van der Waals surface area contributed by atoms with Crippen molar-refractivity contribution in [3.8, 4) is 28.7 Å². The summed E-state index contributed by atoms with van der Waals surface area (Å²) in [6, 6.07) is 18.4. The van der Waals surface area contributed by atoms with Gasteiger partial charge < -0.3 is 28.6 Å². The third kappa shape index (κ3) is 5.15. The van der Waals surface area contributed by atoms with E-state index in [1.807, 2.05) is 17.0 Å². The molecule has 4 aromatic rings. The summed E-state index contributed by atoms with van der Waals surface area (Å²) in [4.78, 5) is 23.6. The first kappa shape index (κ1) is 32.0. The zero-order valence-corrected chi connectivity index (χ0v) is 27.6. The Bertz CT molecular complexity index is 1900. The van der Waals surface area contributed by atoms with Crippen LogP contribution in [0.2, 0.25) is 0 Å². The van der Waals surface area contributed by atoms with Crippen molar-refractivity contribution < 1.29 is 36.9 Å². The van der Waals surface area contributed by atoms with Crippen LogP contribution in [0.5, 0.6) is 28.7 Å². The van der Waals surface area contributed by atoms with Crippen LogP contribution in [0.4, 0.5) is 11.4 Å². The quantitative estimate of drug-likeness (QED) is 0.246. The van der Waals surface area contributed by atoms with Crippen LogP contribution in [-0.2, 0) is 20.4 Å². The molecule has 1 aromatic heterocycles. The number of hydrogen-bond donors (Lipinski definition) is 0.